The number of halogens is 1. The van der Waals surface area contributed by atoms with Gasteiger partial charge in [-0.2, -0.15) is 0 Å². The van der Waals surface area contributed by atoms with Gasteiger partial charge in [0.1, 0.15) is 5.75 Å². The van der Waals surface area contributed by atoms with Crippen molar-refractivity contribution in [1.29, 1.82) is 0 Å². The maximum atomic E-state index is 11.9. The molecular weight excluding hydrogens is 306 g/mol. The Morgan fingerprint density at radius 2 is 1.89 bits per heavy atom. The van der Waals surface area contributed by atoms with E-state index in [1.165, 1.54) is 0 Å². The van der Waals surface area contributed by atoms with Crippen LogP contribution in [0.1, 0.15) is 15.9 Å². The first-order valence-corrected chi connectivity index (χ1v) is 6.76. The highest BCUT2D eigenvalue weighted by molar-refractivity contribution is 9.10. The van der Waals surface area contributed by atoms with Crippen molar-refractivity contribution in [3.05, 3.63) is 64.1 Å². The molecule has 0 unspecified atom stereocenters. The van der Waals surface area contributed by atoms with Crippen LogP contribution >= 0.6 is 15.9 Å². The Labute approximate surface area is 120 Å². The van der Waals surface area contributed by atoms with Crippen LogP contribution in [0.4, 0.5) is 0 Å². The van der Waals surface area contributed by atoms with Crippen LogP contribution in [0.25, 0.3) is 0 Å². The number of hydrogen-bond donors (Lipinski definition) is 2. The molecular formula is C15H14BrNO2. The second-order valence-electron chi connectivity index (χ2n) is 4.18. The fraction of sp³-hybridized carbons (Fsp3) is 0.133. The number of rotatable bonds is 4. The molecule has 1 amide bonds. The molecule has 0 bridgehead atoms. The first kappa shape index (κ1) is 13.6. The summed E-state index contributed by atoms with van der Waals surface area (Å²) in [7, 11) is 0. The molecule has 2 aromatic rings. The summed E-state index contributed by atoms with van der Waals surface area (Å²) < 4.78 is 0.888. The SMILES string of the molecule is O=C(NCCc1ccc(O)cc1)c1cccc(Br)c1. The molecule has 2 N–H and O–H groups in total. The highest BCUT2D eigenvalue weighted by Gasteiger charge is 2.04. The fourth-order valence-electron chi connectivity index (χ4n) is 1.71. The average molecular weight is 320 g/mol. The van der Waals surface area contributed by atoms with Crippen LogP contribution in [-0.4, -0.2) is 17.6 Å². The minimum Gasteiger partial charge on any atom is -0.508 e. The molecule has 2 rings (SSSR count). The molecule has 0 saturated carbocycles. The second kappa shape index (κ2) is 6.38. The van der Waals surface area contributed by atoms with Gasteiger partial charge in [-0.05, 0) is 42.3 Å². The first-order chi connectivity index (χ1) is 9.15. The molecule has 0 aromatic heterocycles. The lowest BCUT2D eigenvalue weighted by atomic mass is 10.1. The molecule has 0 aliphatic rings. The molecule has 0 heterocycles. The summed E-state index contributed by atoms with van der Waals surface area (Å²) in [6.45, 7) is 0.566. The van der Waals surface area contributed by atoms with E-state index in [4.69, 9.17) is 0 Å². The van der Waals surface area contributed by atoms with Crippen LogP contribution in [0, 0.1) is 0 Å². The summed E-state index contributed by atoms with van der Waals surface area (Å²) in [4.78, 5) is 11.9. The molecule has 19 heavy (non-hydrogen) atoms. The summed E-state index contributed by atoms with van der Waals surface area (Å²) >= 11 is 3.34. The van der Waals surface area contributed by atoms with Crippen LogP contribution in [-0.2, 0) is 6.42 Å². The molecule has 2 aromatic carbocycles. The number of hydrogen-bond acceptors (Lipinski definition) is 2. The second-order valence-corrected chi connectivity index (χ2v) is 5.10. The van der Waals surface area contributed by atoms with Crippen molar-refractivity contribution in [2.24, 2.45) is 0 Å². The van der Waals surface area contributed by atoms with Gasteiger partial charge < -0.3 is 10.4 Å². The number of amides is 1. The molecule has 98 valence electrons. The molecule has 0 atom stereocenters. The van der Waals surface area contributed by atoms with Gasteiger partial charge in [0, 0.05) is 16.6 Å². The summed E-state index contributed by atoms with van der Waals surface area (Å²) in [6, 6.07) is 14.3. The maximum absolute atomic E-state index is 11.9. The van der Waals surface area contributed by atoms with Crippen LogP contribution in [0.2, 0.25) is 0 Å². The molecule has 0 aliphatic carbocycles. The number of aromatic hydroxyl groups is 1. The van der Waals surface area contributed by atoms with Gasteiger partial charge in [-0.25, -0.2) is 0 Å². The van der Waals surface area contributed by atoms with E-state index >= 15 is 0 Å². The Balaban J connectivity index is 1.86. The summed E-state index contributed by atoms with van der Waals surface area (Å²) in [5, 5.41) is 12.0. The van der Waals surface area contributed by atoms with Crippen LogP contribution < -0.4 is 5.32 Å². The lowest BCUT2D eigenvalue weighted by Crippen LogP contribution is -2.25. The van der Waals surface area contributed by atoms with Crippen molar-refractivity contribution >= 4 is 21.8 Å². The summed E-state index contributed by atoms with van der Waals surface area (Å²) in [5.74, 6) is 0.169. The number of nitrogens with one attached hydrogen (secondary N) is 1. The molecule has 0 spiro atoms. The van der Waals surface area contributed by atoms with Crippen molar-refractivity contribution in [3.8, 4) is 5.75 Å². The fourth-order valence-corrected chi connectivity index (χ4v) is 2.11. The van der Waals surface area contributed by atoms with Gasteiger partial charge in [-0.15, -0.1) is 0 Å². The predicted octanol–water partition coefficient (Wildman–Crippen LogP) is 3.13. The van der Waals surface area contributed by atoms with E-state index in [1.54, 1.807) is 24.3 Å². The zero-order valence-corrected chi connectivity index (χ0v) is 11.9. The number of benzene rings is 2. The maximum Gasteiger partial charge on any atom is 0.251 e. The lowest BCUT2D eigenvalue weighted by Gasteiger charge is -2.06. The van der Waals surface area contributed by atoms with Crippen LogP contribution in [0.5, 0.6) is 5.75 Å². The Morgan fingerprint density at radius 3 is 2.58 bits per heavy atom. The molecule has 0 aliphatic heterocycles. The van der Waals surface area contributed by atoms with Crippen molar-refractivity contribution in [2.75, 3.05) is 6.54 Å². The third kappa shape index (κ3) is 4.10. The van der Waals surface area contributed by atoms with E-state index in [0.717, 1.165) is 16.5 Å². The van der Waals surface area contributed by atoms with Crippen LogP contribution in [0.15, 0.2) is 53.0 Å². The Kier molecular flexibility index (Phi) is 4.58. The zero-order chi connectivity index (χ0) is 13.7. The molecule has 0 radical (unpaired) electrons. The molecule has 0 fully saturated rings. The third-order valence-corrected chi connectivity index (χ3v) is 3.22. The van der Waals surface area contributed by atoms with Gasteiger partial charge in [0.15, 0.2) is 0 Å². The Hall–Kier alpha value is -1.81. The van der Waals surface area contributed by atoms with Gasteiger partial charge in [0.2, 0.25) is 0 Å². The van der Waals surface area contributed by atoms with Gasteiger partial charge in [0.25, 0.3) is 5.91 Å². The Bertz CT molecular complexity index is 567. The average Bonchev–Trinajstić information content (AvgIpc) is 2.41. The molecule has 4 heteroatoms. The third-order valence-electron chi connectivity index (χ3n) is 2.72. The van der Waals surface area contributed by atoms with E-state index in [2.05, 4.69) is 21.2 Å². The number of carbonyl (C=O) groups excluding carboxylic acids is 1. The quantitative estimate of drug-likeness (QED) is 0.909. The van der Waals surface area contributed by atoms with E-state index in [9.17, 15) is 9.90 Å². The van der Waals surface area contributed by atoms with E-state index < -0.39 is 0 Å². The smallest absolute Gasteiger partial charge is 0.251 e. The normalized spacial score (nSPS) is 10.2. The minimum absolute atomic E-state index is 0.0833. The number of phenols is 1. The van der Waals surface area contributed by atoms with Crippen molar-refractivity contribution in [2.45, 2.75) is 6.42 Å². The first-order valence-electron chi connectivity index (χ1n) is 5.97. The summed E-state index contributed by atoms with van der Waals surface area (Å²) in [5.41, 5.74) is 1.72. The standard InChI is InChI=1S/C15H14BrNO2/c16-13-3-1-2-12(10-13)15(19)17-9-8-11-4-6-14(18)7-5-11/h1-7,10,18H,8-9H2,(H,17,19). The van der Waals surface area contributed by atoms with Crippen molar-refractivity contribution in [3.63, 3.8) is 0 Å². The zero-order valence-electron chi connectivity index (χ0n) is 10.3. The van der Waals surface area contributed by atoms with E-state index in [0.29, 0.717) is 12.1 Å². The van der Waals surface area contributed by atoms with Gasteiger partial charge >= 0.3 is 0 Å². The topological polar surface area (TPSA) is 49.3 Å². The van der Waals surface area contributed by atoms with Crippen molar-refractivity contribution < 1.29 is 9.90 Å². The highest BCUT2D eigenvalue weighted by atomic mass is 79.9. The van der Waals surface area contributed by atoms with E-state index in [-0.39, 0.29) is 11.7 Å². The van der Waals surface area contributed by atoms with Gasteiger partial charge in [-0.1, -0.05) is 34.1 Å². The monoisotopic (exact) mass is 319 g/mol. The van der Waals surface area contributed by atoms with Gasteiger partial charge in [-0.3, -0.25) is 4.79 Å². The number of phenolic OH excluding ortho intramolecular Hbond substituents is 1. The predicted molar refractivity (Wildman–Crippen MR) is 78.3 cm³/mol. The van der Waals surface area contributed by atoms with Crippen molar-refractivity contribution in [1.82, 2.24) is 5.32 Å². The highest BCUT2D eigenvalue weighted by Crippen LogP contribution is 2.12. The number of carbonyl (C=O) groups is 1. The molecule has 3 nitrogen and oxygen atoms in total. The van der Waals surface area contributed by atoms with Crippen LogP contribution in [0.3, 0.4) is 0 Å². The van der Waals surface area contributed by atoms with E-state index in [1.807, 2.05) is 24.3 Å². The summed E-state index contributed by atoms with van der Waals surface area (Å²) in [6.07, 6.45) is 0.736. The Morgan fingerprint density at radius 1 is 1.16 bits per heavy atom. The van der Waals surface area contributed by atoms with Gasteiger partial charge in [0.05, 0.1) is 0 Å². The lowest BCUT2D eigenvalue weighted by molar-refractivity contribution is 0.0954. The minimum atomic E-state index is -0.0833. The molecule has 0 saturated heterocycles. The largest absolute Gasteiger partial charge is 0.508 e.